The minimum Gasteiger partial charge on any atom is -0.358 e. The number of nitrogens with zero attached hydrogens (tertiary/aromatic N) is 3. The van der Waals surface area contributed by atoms with E-state index in [1.165, 1.54) is 32.1 Å². The molecule has 4 nitrogen and oxygen atoms in total. The van der Waals surface area contributed by atoms with Gasteiger partial charge in [0.05, 0.1) is 5.69 Å². The van der Waals surface area contributed by atoms with Crippen molar-refractivity contribution < 1.29 is 0 Å². The number of anilines is 1. The summed E-state index contributed by atoms with van der Waals surface area (Å²) in [7, 11) is 4.04. The van der Waals surface area contributed by atoms with Crippen molar-refractivity contribution >= 4 is 5.82 Å². The molecule has 0 atom stereocenters. The van der Waals surface area contributed by atoms with E-state index in [2.05, 4.69) is 39.6 Å². The van der Waals surface area contributed by atoms with Crippen LogP contribution in [0.3, 0.4) is 0 Å². The van der Waals surface area contributed by atoms with Gasteiger partial charge in [0.25, 0.3) is 0 Å². The summed E-state index contributed by atoms with van der Waals surface area (Å²) < 4.78 is 0. The van der Waals surface area contributed by atoms with Gasteiger partial charge in [-0.2, -0.15) is 5.10 Å². The lowest BCUT2D eigenvalue weighted by Crippen LogP contribution is -2.27. The van der Waals surface area contributed by atoms with E-state index >= 15 is 0 Å². The van der Waals surface area contributed by atoms with Crippen molar-refractivity contribution in [3.05, 3.63) is 17.8 Å². The van der Waals surface area contributed by atoms with E-state index in [-0.39, 0.29) is 0 Å². The molecule has 1 aromatic heterocycles. The zero-order valence-corrected chi connectivity index (χ0v) is 11.5. The smallest absolute Gasteiger partial charge is 0.150 e. The van der Waals surface area contributed by atoms with Crippen LogP contribution in [0, 0.1) is 5.92 Å². The van der Waals surface area contributed by atoms with Gasteiger partial charge in [0.15, 0.2) is 5.82 Å². The summed E-state index contributed by atoms with van der Waals surface area (Å²) >= 11 is 0. The van der Waals surface area contributed by atoms with Crippen LogP contribution in [-0.2, 0) is 6.54 Å². The lowest BCUT2D eigenvalue weighted by molar-refractivity contribution is 0.361. The Morgan fingerprint density at radius 3 is 2.61 bits per heavy atom. The first-order chi connectivity index (χ1) is 8.79. The first-order valence-corrected chi connectivity index (χ1v) is 6.98. The summed E-state index contributed by atoms with van der Waals surface area (Å²) in [4.78, 5) is 2.24. The molecule has 1 fully saturated rings. The van der Waals surface area contributed by atoms with Crippen molar-refractivity contribution in [2.24, 2.45) is 5.92 Å². The lowest BCUT2D eigenvalue weighted by Gasteiger charge is -2.27. The highest BCUT2D eigenvalue weighted by atomic mass is 15.2. The molecule has 2 rings (SSSR count). The number of nitrogens with one attached hydrogen (secondary N) is 1. The van der Waals surface area contributed by atoms with Crippen molar-refractivity contribution in [1.29, 1.82) is 0 Å². The first-order valence-electron chi connectivity index (χ1n) is 6.98. The number of aromatic nitrogens is 2. The van der Waals surface area contributed by atoms with E-state index in [1.54, 1.807) is 0 Å². The fourth-order valence-corrected chi connectivity index (χ4v) is 2.68. The van der Waals surface area contributed by atoms with Crippen LogP contribution >= 0.6 is 0 Å². The minimum atomic E-state index is 0.777. The third-order valence-electron chi connectivity index (χ3n) is 3.71. The summed E-state index contributed by atoms with van der Waals surface area (Å²) in [6.07, 6.45) is 6.94. The largest absolute Gasteiger partial charge is 0.358 e. The zero-order valence-electron chi connectivity index (χ0n) is 11.5. The molecule has 0 bridgehead atoms. The van der Waals surface area contributed by atoms with Crippen LogP contribution in [0.2, 0.25) is 0 Å². The summed E-state index contributed by atoms with van der Waals surface area (Å²) in [6.45, 7) is 1.89. The maximum atomic E-state index is 4.30. The van der Waals surface area contributed by atoms with E-state index in [0.717, 1.165) is 30.5 Å². The van der Waals surface area contributed by atoms with Crippen LogP contribution in [0.25, 0.3) is 0 Å². The molecule has 0 aliphatic heterocycles. The fourth-order valence-electron chi connectivity index (χ4n) is 2.68. The van der Waals surface area contributed by atoms with E-state index in [9.17, 15) is 0 Å². The molecule has 4 heteroatoms. The van der Waals surface area contributed by atoms with Gasteiger partial charge in [0.2, 0.25) is 0 Å². The minimum absolute atomic E-state index is 0.777. The molecule has 1 N–H and O–H groups in total. The Hall–Kier alpha value is -1.16. The molecule has 1 aromatic rings. The number of rotatable bonds is 5. The second-order valence-electron chi connectivity index (χ2n) is 5.30. The molecule has 1 aliphatic rings. The quantitative estimate of drug-likeness (QED) is 0.867. The molecular formula is C14H24N4. The van der Waals surface area contributed by atoms with Crippen LogP contribution in [0.4, 0.5) is 5.82 Å². The Kier molecular flexibility index (Phi) is 4.93. The molecule has 1 saturated carbocycles. The van der Waals surface area contributed by atoms with E-state index < -0.39 is 0 Å². The summed E-state index contributed by atoms with van der Waals surface area (Å²) in [5.41, 5.74) is 0.993. The molecular weight excluding hydrogens is 224 g/mol. The predicted molar refractivity (Wildman–Crippen MR) is 74.6 cm³/mol. The van der Waals surface area contributed by atoms with Crippen LogP contribution in [0.1, 0.15) is 37.8 Å². The average molecular weight is 248 g/mol. The number of hydrogen-bond acceptors (Lipinski definition) is 4. The molecule has 1 aliphatic carbocycles. The Bertz CT molecular complexity index is 343. The second kappa shape index (κ2) is 6.69. The highest BCUT2D eigenvalue weighted by Crippen LogP contribution is 2.25. The molecule has 18 heavy (non-hydrogen) atoms. The SMILES string of the molecule is CNCc1ccc(N(C)CC2CCCCC2)nn1. The van der Waals surface area contributed by atoms with Crippen molar-refractivity contribution in [2.75, 3.05) is 25.5 Å². The van der Waals surface area contributed by atoms with E-state index in [0.29, 0.717) is 0 Å². The van der Waals surface area contributed by atoms with Gasteiger partial charge in [-0.3, -0.25) is 0 Å². The van der Waals surface area contributed by atoms with Crippen molar-refractivity contribution in [3.8, 4) is 0 Å². The maximum Gasteiger partial charge on any atom is 0.150 e. The molecule has 0 saturated heterocycles. The van der Waals surface area contributed by atoms with Crippen molar-refractivity contribution in [2.45, 2.75) is 38.6 Å². The Balaban J connectivity index is 1.89. The third-order valence-corrected chi connectivity index (χ3v) is 3.71. The first kappa shape index (κ1) is 13.3. The number of hydrogen-bond donors (Lipinski definition) is 1. The third kappa shape index (κ3) is 3.67. The Morgan fingerprint density at radius 2 is 2.00 bits per heavy atom. The van der Waals surface area contributed by atoms with Gasteiger partial charge < -0.3 is 10.2 Å². The lowest BCUT2D eigenvalue weighted by atomic mass is 9.89. The van der Waals surface area contributed by atoms with Gasteiger partial charge in [0, 0.05) is 20.1 Å². The molecule has 1 heterocycles. The molecule has 0 unspecified atom stereocenters. The van der Waals surface area contributed by atoms with Crippen LogP contribution < -0.4 is 10.2 Å². The highest BCUT2D eigenvalue weighted by molar-refractivity contribution is 5.36. The molecule has 0 spiro atoms. The summed E-state index contributed by atoms with van der Waals surface area (Å²) in [5, 5.41) is 11.6. The monoisotopic (exact) mass is 248 g/mol. The predicted octanol–water partition coefficient (Wildman–Crippen LogP) is 2.21. The molecule has 0 radical (unpaired) electrons. The van der Waals surface area contributed by atoms with Gasteiger partial charge in [-0.05, 0) is 37.9 Å². The maximum absolute atomic E-state index is 4.30. The van der Waals surface area contributed by atoms with Gasteiger partial charge in [-0.25, -0.2) is 0 Å². The standard InChI is InChI=1S/C14H24N4/c1-15-10-13-8-9-14(17-16-13)18(2)11-12-6-4-3-5-7-12/h8-9,12,15H,3-7,10-11H2,1-2H3. The van der Waals surface area contributed by atoms with Crippen LogP contribution in [-0.4, -0.2) is 30.8 Å². The van der Waals surface area contributed by atoms with Gasteiger partial charge in [-0.15, -0.1) is 5.10 Å². The van der Waals surface area contributed by atoms with Gasteiger partial charge in [-0.1, -0.05) is 19.3 Å². The van der Waals surface area contributed by atoms with Crippen molar-refractivity contribution in [3.63, 3.8) is 0 Å². The van der Waals surface area contributed by atoms with E-state index in [4.69, 9.17) is 0 Å². The summed E-state index contributed by atoms with van der Waals surface area (Å²) in [6, 6.07) is 4.12. The topological polar surface area (TPSA) is 41.0 Å². The zero-order chi connectivity index (χ0) is 12.8. The second-order valence-corrected chi connectivity index (χ2v) is 5.30. The van der Waals surface area contributed by atoms with Crippen LogP contribution in [0.5, 0.6) is 0 Å². The highest BCUT2D eigenvalue weighted by Gasteiger charge is 2.16. The molecule has 0 aromatic carbocycles. The normalized spacial score (nSPS) is 16.8. The fraction of sp³-hybridized carbons (Fsp3) is 0.714. The van der Waals surface area contributed by atoms with Gasteiger partial charge >= 0.3 is 0 Å². The average Bonchev–Trinajstić information content (AvgIpc) is 2.41. The van der Waals surface area contributed by atoms with E-state index in [1.807, 2.05) is 7.05 Å². The van der Waals surface area contributed by atoms with Crippen LogP contribution in [0.15, 0.2) is 12.1 Å². The Morgan fingerprint density at radius 1 is 1.22 bits per heavy atom. The summed E-state index contributed by atoms with van der Waals surface area (Å²) in [5.74, 6) is 1.82. The van der Waals surface area contributed by atoms with Crippen molar-refractivity contribution in [1.82, 2.24) is 15.5 Å². The Labute approximate surface area is 110 Å². The molecule has 0 amide bonds. The van der Waals surface area contributed by atoms with Gasteiger partial charge in [0.1, 0.15) is 0 Å². The molecule has 100 valence electrons.